The van der Waals surface area contributed by atoms with Crippen molar-refractivity contribution in [2.45, 2.75) is 96.7 Å². The Bertz CT molecular complexity index is 1090. The molecule has 7 heteroatoms. The lowest BCUT2D eigenvalue weighted by molar-refractivity contribution is -0.145. The minimum absolute atomic E-state index is 0.00301. The van der Waals surface area contributed by atoms with E-state index < -0.39 is 5.97 Å². The summed E-state index contributed by atoms with van der Waals surface area (Å²) < 4.78 is 0. The largest absolute Gasteiger partial charge is 0.481 e. The van der Waals surface area contributed by atoms with Crippen molar-refractivity contribution in [3.8, 4) is 0 Å². The molecule has 35 heavy (non-hydrogen) atoms. The third-order valence-electron chi connectivity index (χ3n) is 8.67. The van der Waals surface area contributed by atoms with Gasteiger partial charge in [0.1, 0.15) is 0 Å². The molecule has 2 saturated heterocycles. The summed E-state index contributed by atoms with van der Waals surface area (Å²) >= 11 is 0. The van der Waals surface area contributed by atoms with Crippen LogP contribution in [-0.4, -0.2) is 50.0 Å². The molecule has 188 valence electrons. The number of nitrogens with one attached hydrogen (secondary N) is 1. The standard InChI is InChI=1S/C28H38N4O3/c1-28(2,3)20-8-10-21(11-9-20)30-27-29-16-19-13-17(7-12-24(19)31-27)25(33)32-22-5-4-6-23(32)15-18(14-22)26(34)35/h7,12-13,16,18,20-23H,4-6,8-11,14-15H2,1-3H3,(H,34,35)(H,29,30,31)/t18?,20-,21+,22?,23?. The van der Waals surface area contributed by atoms with E-state index in [0.717, 1.165) is 48.9 Å². The molecule has 2 bridgehead atoms. The van der Waals surface area contributed by atoms with Crippen molar-refractivity contribution in [3.63, 3.8) is 0 Å². The highest BCUT2D eigenvalue weighted by molar-refractivity contribution is 5.98. The molecule has 2 unspecified atom stereocenters. The smallest absolute Gasteiger partial charge is 0.306 e. The number of amides is 1. The molecule has 2 aliphatic heterocycles. The van der Waals surface area contributed by atoms with E-state index in [-0.39, 0.29) is 23.9 Å². The number of carbonyl (C=O) groups is 2. The zero-order valence-electron chi connectivity index (χ0n) is 21.2. The molecule has 1 aromatic carbocycles. The minimum atomic E-state index is -0.733. The normalized spacial score (nSPS) is 29.1. The van der Waals surface area contributed by atoms with Gasteiger partial charge >= 0.3 is 5.97 Å². The Labute approximate surface area is 207 Å². The summed E-state index contributed by atoms with van der Waals surface area (Å²) in [6.07, 6.45) is 10.5. The van der Waals surface area contributed by atoms with Gasteiger partial charge in [-0.2, -0.15) is 0 Å². The maximum absolute atomic E-state index is 13.5. The fourth-order valence-electron chi connectivity index (χ4n) is 6.59. The molecule has 2 atom stereocenters. The first-order valence-corrected chi connectivity index (χ1v) is 13.3. The Morgan fingerprint density at radius 2 is 1.71 bits per heavy atom. The van der Waals surface area contributed by atoms with E-state index >= 15 is 0 Å². The van der Waals surface area contributed by atoms with Crippen LogP contribution in [0.5, 0.6) is 0 Å². The Morgan fingerprint density at radius 3 is 2.34 bits per heavy atom. The number of aliphatic carboxylic acids is 1. The van der Waals surface area contributed by atoms with E-state index in [2.05, 4.69) is 31.1 Å². The summed E-state index contributed by atoms with van der Waals surface area (Å²) in [6, 6.07) is 6.08. The van der Waals surface area contributed by atoms with Gasteiger partial charge in [-0.25, -0.2) is 9.97 Å². The van der Waals surface area contributed by atoms with E-state index in [1.807, 2.05) is 23.1 Å². The maximum atomic E-state index is 13.5. The summed E-state index contributed by atoms with van der Waals surface area (Å²) in [5.74, 6) is 0.352. The van der Waals surface area contributed by atoms with E-state index in [9.17, 15) is 14.7 Å². The number of carboxylic acids is 1. The number of aromatic nitrogens is 2. The molecule has 1 amide bonds. The number of hydrogen-bond donors (Lipinski definition) is 2. The third-order valence-corrected chi connectivity index (χ3v) is 8.67. The average molecular weight is 479 g/mol. The van der Waals surface area contributed by atoms with Crippen LogP contribution < -0.4 is 5.32 Å². The number of nitrogens with zero attached hydrogens (tertiary/aromatic N) is 3. The molecule has 5 rings (SSSR count). The van der Waals surface area contributed by atoms with Gasteiger partial charge in [0.25, 0.3) is 5.91 Å². The fraction of sp³-hybridized carbons (Fsp3) is 0.643. The Morgan fingerprint density at radius 1 is 1.03 bits per heavy atom. The van der Waals surface area contributed by atoms with Crippen molar-refractivity contribution in [3.05, 3.63) is 30.0 Å². The minimum Gasteiger partial charge on any atom is -0.481 e. The fourth-order valence-corrected chi connectivity index (χ4v) is 6.59. The Balaban J connectivity index is 1.27. The number of carbonyl (C=O) groups excluding carboxylic acids is 1. The molecular formula is C28H38N4O3. The molecule has 7 nitrogen and oxygen atoms in total. The second-order valence-corrected chi connectivity index (χ2v) is 12.0. The van der Waals surface area contributed by atoms with Crippen LogP contribution in [0.4, 0.5) is 5.95 Å². The van der Waals surface area contributed by atoms with Crippen LogP contribution in [0.1, 0.15) is 88.9 Å². The Kier molecular flexibility index (Phi) is 6.45. The predicted octanol–water partition coefficient (Wildman–Crippen LogP) is 5.50. The molecule has 3 heterocycles. The number of anilines is 1. The number of piperidine rings is 2. The summed E-state index contributed by atoms with van der Waals surface area (Å²) in [7, 11) is 0. The van der Waals surface area contributed by atoms with Crippen molar-refractivity contribution >= 4 is 28.7 Å². The topological polar surface area (TPSA) is 95.4 Å². The van der Waals surface area contributed by atoms with Crippen LogP contribution in [0.3, 0.4) is 0 Å². The van der Waals surface area contributed by atoms with E-state index in [1.54, 1.807) is 6.20 Å². The van der Waals surface area contributed by atoms with Gasteiger partial charge in [-0.15, -0.1) is 0 Å². The van der Waals surface area contributed by atoms with Gasteiger partial charge in [0.2, 0.25) is 5.95 Å². The number of hydrogen-bond acceptors (Lipinski definition) is 5. The summed E-state index contributed by atoms with van der Waals surface area (Å²) in [5, 5.41) is 13.9. The third kappa shape index (κ3) is 5.00. The first-order chi connectivity index (χ1) is 16.7. The van der Waals surface area contributed by atoms with Crippen molar-refractivity contribution in [2.75, 3.05) is 5.32 Å². The van der Waals surface area contributed by atoms with Gasteiger partial charge in [0, 0.05) is 35.3 Å². The van der Waals surface area contributed by atoms with Gasteiger partial charge in [0.05, 0.1) is 11.4 Å². The quantitative estimate of drug-likeness (QED) is 0.602. The van der Waals surface area contributed by atoms with Gasteiger partial charge in [0.15, 0.2) is 0 Å². The summed E-state index contributed by atoms with van der Waals surface area (Å²) in [5.41, 5.74) is 1.82. The molecular weight excluding hydrogens is 440 g/mol. The molecule has 3 fully saturated rings. The molecule has 2 aromatic rings. The first-order valence-electron chi connectivity index (χ1n) is 13.3. The van der Waals surface area contributed by atoms with Crippen LogP contribution in [0.2, 0.25) is 0 Å². The van der Waals surface area contributed by atoms with Gasteiger partial charge in [-0.05, 0) is 87.3 Å². The highest BCUT2D eigenvalue weighted by atomic mass is 16.4. The van der Waals surface area contributed by atoms with Gasteiger partial charge in [-0.1, -0.05) is 20.8 Å². The highest BCUT2D eigenvalue weighted by Gasteiger charge is 2.43. The maximum Gasteiger partial charge on any atom is 0.306 e. The zero-order chi connectivity index (χ0) is 24.7. The van der Waals surface area contributed by atoms with Crippen molar-refractivity contribution in [1.29, 1.82) is 0 Å². The average Bonchev–Trinajstić information content (AvgIpc) is 2.82. The summed E-state index contributed by atoms with van der Waals surface area (Å²) in [6.45, 7) is 7.00. The zero-order valence-corrected chi connectivity index (χ0v) is 21.2. The molecule has 0 radical (unpaired) electrons. The monoisotopic (exact) mass is 478 g/mol. The number of rotatable bonds is 4. The second kappa shape index (κ2) is 9.40. The predicted molar refractivity (Wildman–Crippen MR) is 136 cm³/mol. The van der Waals surface area contributed by atoms with Crippen LogP contribution in [-0.2, 0) is 4.79 Å². The van der Waals surface area contributed by atoms with Crippen molar-refractivity contribution in [2.24, 2.45) is 17.3 Å². The lowest BCUT2D eigenvalue weighted by Gasteiger charge is -2.48. The second-order valence-electron chi connectivity index (χ2n) is 12.0. The highest BCUT2D eigenvalue weighted by Crippen LogP contribution is 2.39. The van der Waals surface area contributed by atoms with Crippen molar-refractivity contribution in [1.82, 2.24) is 14.9 Å². The van der Waals surface area contributed by atoms with E-state index in [1.165, 1.54) is 12.8 Å². The van der Waals surface area contributed by atoms with Crippen LogP contribution >= 0.6 is 0 Å². The van der Waals surface area contributed by atoms with E-state index in [0.29, 0.717) is 35.8 Å². The van der Waals surface area contributed by atoms with Gasteiger partial charge in [-0.3, -0.25) is 9.59 Å². The number of carboxylic acid groups (broad SMARTS) is 1. The van der Waals surface area contributed by atoms with Crippen LogP contribution in [0.15, 0.2) is 24.4 Å². The molecule has 1 aliphatic carbocycles. The van der Waals surface area contributed by atoms with E-state index in [4.69, 9.17) is 4.98 Å². The summed E-state index contributed by atoms with van der Waals surface area (Å²) in [4.78, 5) is 36.3. The van der Waals surface area contributed by atoms with Gasteiger partial charge < -0.3 is 15.3 Å². The lowest BCUT2D eigenvalue weighted by Crippen LogP contribution is -2.55. The molecule has 0 spiro atoms. The lowest BCUT2D eigenvalue weighted by atomic mass is 9.71. The van der Waals surface area contributed by atoms with Crippen LogP contribution in [0.25, 0.3) is 10.9 Å². The molecule has 2 N–H and O–H groups in total. The van der Waals surface area contributed by atoms with Crippen LogP contribution in [0, 0.1) is 17.3 Å². The first kappa shape index (κ1) is 24.0. The molecule has 1 saturated carbocycles. The molecule has 3 aliphatic rings. The molecule has 1 aromatic heterocycles. The Hall–Kier alpha value is -2.70. The number of fused-ring (bicyclic) bond motifs is 3. The number of benzene rings is 1. The SMILES string of the molecule is CC(C)(C)[C@H]1CC[C@@H](Nc2ncc3cc(C(=O)N4C5CCCC4CC(C(=O)O)C5)ccc3n2)CC1. The van der Waals surface area contributed by atoms with Crippen molar-refractivity contribution < 1.29 is 14.7 Å².